The van der Waals surface area contributed by atoms with Gasteiger partial charge in [-0.25, -0.2) is 0 Å². The maximum Gasteiger partial charge on any atom is 0.233 e. The van der Waals surface area contributed by atoms with Crippen LogP contribution in [0.5, 0.6) is 0 Å². The standard InChI is InChI=1S/C26H41NO3/c1-8-9-10-14-20-22(27-17-26(5,6)7)23(28)21(25(30)24(20)29)16-15-19(4)13-11-12-18(2)3/h12,15,27-28H,8-11,13-14,16-17H2,1-7H3. The first kappa shape index (κ1) is 25.9. The highest BCUT2D eigenvalue weighted by Gasteiger charge is 2.34. The number of aliphatic hydroxyl groups excluding tert-OH is 1. The molecule has 168 valence electrons. The molecule has 0 fully saturated rings. The van der Waals surface area contributed by atoms with Gasteiger partial charge in [-0.1, -0.05) is 63.8 Å². The lowest BCUT2D eigenvalue weighted by atomic mass is 9.86. The number of carbonyl (C=O) groups is 2. The number of hydrogen-bond donors (Lipinski definition) is 2. The number of nitrogens with one attached hydrogen (secondary N) is 1. The van der Waals surface area contributed by atoms with Crippen LogP contribution in [0.1, 0.15) is 93.4 Å². The van der Waals surface area contributed by atoms with Crippen LogP contribution in [0.25, 0.3) is 0 Å². The second-order valence-electron chi connectivity index (χ2n) is 9.79. The van der Waals surface area contributed by atoms with Crippen molar-refractivity contribution in [3.8, 4) is 0 Å². The van der Waals surface area contributed by atoms with E-state index in [4.69, 9.17) is 0 Å². The van der Waals surface area contributed by atoms with Gasteiger partial charge in [0.25, 0.3) is 0 Å². The number of aliphatic hydroxyl groups is 1. The van der Waals surface area contributed by atoms with Gasteiger partial charge in [-0.15, -0.1) is 0 Å². The molecule has 0 heterocycles. The molecule has 0 aliphatic heterocycles. The predicted octanol–water partition coefficient (Wildman–Crippen LogP) is 6.50. The maximum absolute atomic E-state index is 12.9. The SMILES string of the molecule is CCCCCC1=C(NCC(C)(C)C)C(O)=C(CC=C(C)CCC=C(C)C)C(=O)C1=O. The highest BCUT2D eigenvalue weighted by molar-refractivity contribution is 6.50. The third-order valence-electron chi connectivity index (χ3n) is 5.15. The first-order chi connectivity index (χ1) is 14.0. The summed E-state index contributed by atoms with van der Waals surface area (Å²) in [5, 5.41) is 14.2. The molecule has 4 heteroatoms. The fourth-order valence-electron chi connectivity index (χ4n) is 3.28. The predicted molar refractivity (Wildman–Crippen MR) is 125 cm³/mol. The van der Waals surface area contributed by atoms with Crippen LogP contribution < -0.4 is 5.32 Å². The Morgan fingerprint density at radius 3 is 2.20 bits per heavy atom. The molecule has 30 heavy (non-hydrogen) atoms. The van der Waals surface area contributed by atoms with Gasteiger partial charge in [0.2, 0.25) is 11.6 Å². The van der Waals surface area contributed by atoms with Crippen LogP contribution in [0.2, 0.25) is 0 Å². The molecule has 0 saturated heterocycles. The number of carbonyl (C=O) groups excluding carboxylic acids is 2. The summed E-state index contributed by atoms with van der Waals surface area (Å²) >= 11 is 0. The van der Waals surface area contributed by atoms with E-state index >= 15 is 0 Å². The van der Waals surface area contributed by atoms with Crippen molar-refractivity contribution in [1.82, 2.24) is 5.32 Å². The van der Waals surface area contributed by atoms with Gasteiger partial charge in [0.1, 0.15) is 5.76 Å². The van der Waals surface area contributed by atoms with Crippen molar-refractivity contribution >= 4 is 11.6 Å². The molecule has 2 N–H and O–H groups in total. The van der Waals surface area contributed by atoms with Crippen LogP contribution in [0.15, 0.2) is 45.9 Å². The molecule has 1 aliphatic carbocycles. The van der Waals surface area contributed by atoms with E-state index < -0.39 is 11.6 Å². The van der Waals surface area contributed by atoms with E-state index in [1.54, 1.807) is 0 Å². The van der Waals surface area contributed by atoms with E-state index in [0.717, 1.165) is 37.7 Å². The number of Topliss-reactive ketones (excluding diaryl/α,β-unsaturated/α-hetero) is 2. The highest BCUT2D eigenvalue weighted by atomic mass is 16.3. The second-order valence-corrected chi connectivity index (χ2v) is 9.79. The number of rotatable bonds is 11. The Morgan fingerprint density at radius 2 is 1.63 bits per heavy atom. The summed E-state index contributed by atoms with van der Waals surface area (Å²) < 4.78 is 0. The van der Waals surface area contributed by atoms with E-state index in [1.165, 1.54) is 5.57 Å². The highest BCUT2D eigenvalue weighted by Crippen LogP contribution is 2.29. The Morgan fingerprint density at radius 1 is 1.00 bits per heavy atom. The smallest absolute Gasteiger partial charge is 0.233 e. The van der Waals surface area contributed by atoms with Gasteiger partial charge < -0.3 is 10.4 Å². The van der Waals surface area contributed by atoms with Gasteiger partial charge in [-0.3, -0.25) is 9.59 Å². The molecule has 0 atom stereocenters. The first-order valence-electron chi connectivity index (χ1n) is 11.3. The largest absolute Gasteiger partial charge is 0.505 e. The van der Waals surface area contributed by atoms with Crippen LogP contribution in [0.4, 0.5) is 0 Å². The van der Waals surface area contributed by atoms with Crippen molar-refractivity contribution in [3.63, 3.8) is 0 Å². The fraction of sp³-hybridized carbons (Fsp3) is 0.615. The number of unbranched alkanes of at least 4 members (excludes halogenated alkanes) is 2. The molecule has 1 aliphatic rings. The minimum Gasteiger partial charge on any atom is -0.505 e. The summed E-state index contributed by atoms with van der Waals surface area (Å²) in [5.74, 6) is -1.08. The van der Waals surface area contributed by atoms with Crippen LogP contribution in [-0.2, 0) is 9.59 Å². The molecule has 0 spiro atoms. The Balaban J connectivity index is 3.16. The molecule has 0 saturated carbocycles. The zero-order chi connectivity index (χ0) is 22.9. The third-order valence-corrected chi connectivity index (χ3v) is 5.15. The molecule has 4 nitrogen and oxygen atoms in total. The Labute approximate surface area is 183 Å². The molecule has 1 rings (SSSR count). The molecule has 0 radical (unpaired) electrons. The summed E-state index contributed by atoms with van der Waals surface area (Å²) in [6.07, 6.45) is 9.63. The summed E-state index contributed by atoms with van der Waals surface area (Å²) in [4.78, 5) is 25.7. The Bertz CT molecular complexity index is 754. The normalized spacial score (nSPS) is 15.8. The average molecular weight is 416 g/mol. The number of allylic oxidation sites excluding steroid dienone is 6. The molecule has 0 aromatic rings. The van der Waals surface area contributed by atoms with E-state index in [2.05, 4.69) is 52.9 Å². The fourth-order valence-corrected chi connectivity index (χ4v) is 3.28. The van der Waals surface area contributed by atoms with E-state index in [-0.39, 0.29) is 23.2 Å². The van der Waals surface area contributed by atoms with Gasteiger partial charge in [0, 0.05) is 12.1 Å². The van der Waals surface area contributed by atoms with Crippen molar-refractivity contribution in [2.75, 3.05) is 6.54 Å². The lowest BCUT2D eigenvalue weighted by molar-refractivity contribution is -0.132. The monoisotopic (exact) mass is 415 g/mol. The molecule has 0 aromatic heterocycles. The molecule has 0 unspecified atom stereocenters. The van der Waals surface area contributed by atoms with Gasteiger partial charge in [-0.2, -0.15) is 0 Å². The second kappa shape index (κ2) is 11.9. The zero-order valence-electron chi connectivity index (χ0n) is 20.1. The van der Waals surface area contributed by atoms with Gasteiger partial charge in [0.05, 0.1) is 11.3 Å². The first-order valence-corrected chi connectivity index (χ1v) is 11.3. The summed E-state index contributed by atoms with van der Waals surface area (Å²) in [6.45, 7) is 15.2. The molecule has 0 amide bonds. The lowest BCUT2D eigenvalue weighted by Crippen LogP contribution is -2.34. The van der Waals surface area contributed by atoms with Crippen molar-refractivity contribution in [3.05, 3.63) is 45.9 Å². The van der Waals surface area contributed by atoms with Crippen LogP contribution in [0, 0.1) is 5.41 Å². The Hall–Kier alpha value is -2.10. The number of hydrogen-bond acceptors (Lipinski definition) is 4. The van der Waals surface area contributed by atoms with E-state index in [0.29, 0.717) is 24.2 Å². The van der Waals surface area contributed by atoms with Crippen LogP contribution >= 0.6 is 0 Å². The van der Waals surface area contributed by atoms with Gasteiger partial charge in [0.15, 0.2) is 0 Å². The van der Waals surface area contributed by atoms with Crippen molar-refractivity contribution in [1.29, 1.82) is 0 Å². The van der Waals surface area contributed by atoms with Crippen molar-refractivity contribution < 1.29 is 14.7 Å². The van der Waals surface area contributed by atoms with Crippen molar-refractivity contribution in [2.24, 2.45) is 5.41 Å². The summed E-state index contributed by atoms with van der Waals surface area (Å²) in [6, 6.07) is 0. The quantitative estimate of drug-likeness (QED) is 0.175. The van der Waals surface area contributed by atoms with Crippen LogP contribution in [-0.4, -0.2) is 23.2 Å². The average Bonchev–Trinajstić information content (AvgIpc) is 2.64. The lowest BCUT2D eigenvalue weighted by Gasteiger charge is -2.26. The molecular formula is C26H41NO3. The topological polar surface area (TPSA) is 66.4 Å². The number of ketones is 2. The van der Waals surface area contributed by atoms with E-state index in [9.17, 15) is 14.7 Å². The third kappa shape index (κ3) is 8.33. The minimum absolute atomic E-state index is 0.0199. The van der Waals surface area contributed by atoms with Gasteiger partial charge >= 0.3 is 0 Å². The van der Waals surface area contributed by atoms with E-state index in [1.807, 2.05) is 13.0 Å². The molecule has 0 aromatic carbocycles. The minimum atomic E-state index is -0.561. The molecule has 0 bridgehead atoms. The molecular weight excluding hydrogens is 374 g/mol. The van der Waals surface area contributed by atoms with Gasteiger partial charge in [-0.05, 0) is 58.3 Å². The maximum atomic E-state index is 12.9. The Kier molecular flexibility index (Phi) is 10.3. The van der Waals surface area contributed by atoms with Crippen LogP contribution in [0.3, 0.4) is 0 Å². The van der Waals surface area contributed by atoms with Crippen molar-refractivity contribution in [2.45, 2.75) is 93.4 Å². The summed E-state index contributed by atoms with van der Waals surface area (Å²) in [7, 11) is 0. The zero-order valence-corrected chi connectivity index (χ0v) is 20.1. The summed E-state index contributed by atoms with van der Waals surface area (Å²) in [5.41, 5.74) is 3.51.